The zero-order valence-corrected chi connectivity index (χ0v) is 16.1. The molecule has 9 heteroatoms. The number of amides is 1. The standard InChI is InChI=1S/C16H12BrClFN2O3P/c1-24-25(23,11-5-8(17)4-10(19)7-11)15-12-6-9(18)2-3-13(12)21-14(15)16(20)22/h2-7,21H,1H3,(H2,20,22). The SMILES string of the molecule is COP(=O)(c1cc(F)cc(Br)c1)c1c(C(N)=O)[nH]c2ccc(Cl)cc12. The van der Waals surface area contributed by atoms with Gasteiger partial charge < -0.3 is 15.2 Å². The molecule has 0 aliphatic heterocycles. The summed E-state index contributed by atoms with van der Waals surface area (Å²) >= 11 is 9.21. The molecule has 0 saturated heterocycles. The second-order valence-corrected chi connectivity index (χ2v) is 9.05. The third kappa shape index (κ3) is 3.13. The number of aromatic amines is 1. The van der Waals surface area contributed by atoms with Crippen LogP contribution in [-0.2, 0) is 9.09 Å². The molecule has 1 unspecified atom stereocenters. The van der Waals surface area contributed by atoms with E-state index < -0.39 is 19.1 Å². The number of hydrogen-bond donors (Lipinski definition) is 2. The number of rotatable bonds is 4. The van der Waals surface area contributed by atoms with Gasteiger partial charge in [0.1, 0.15) is 11.5 Å². The van der Waals surface area contributed by atoms with Gasteiger partial charge in [-0.25, -0.2) is 4.39 Å². The number of nitrogens with two attached hydrogens (primary N) is 1. The summed E-state index contributed by atoms with van der Waals surface area (Å²) < 4.78 is 33.3. The van der Waals surface area contributed by atoms with Crippen LogP contribution in [0.1, 0.15) is 10.5 Å². The number of hydrogen-bond acceptors (Lipinski definition) is 3. The van der Waals surface area contributed by atoms with E-state index in [1.54, 1.807) is 18.2 Å². The third-order valence-corrected chi connectivity index (χ3v) is 6.92. The molecule has 25 heavy (non-hydrogen) atoms. The van der Waals surface area contributed by atoms with E-state index in [1.165, 1.54) is 19.2 Å². The summed E-state index contributed by atoms with van der Waals surface area (Å²) in [4.78, 5) is 14.7. The first-order valence-electron chi connectivity index (χ1n) is 7.00. The van der Waals surface area contributed by atoms with Crippen molar-refractivity contribution in [2.75, 3.05) is 7.11 Å². The summed E-state index contributed by atoms with van der Waals surface area (Å²) in [5.41, 5.74) is 5.89. The Labute approximate surface area is 155 Å². The van der Waals surface area contributed by atoms with E-state index in [0.29, 0.717) is 20.4 Å². The van der Waals surface area contributed by atoms with Crippen molar-refractivity contribution in [2.45, 2.75) is 0 Å². The summed E-state index contributed by atoms with van der Waals surface area (Å²) in [5, 5.41) is 0.960. The van der Waals surface area contributed by atoms with E-state index in [9.17, 15) is 13.8 Å². The van der Waals surface area contributed by atoms with E-state index in [1.807, 2.05) is 0 Å². The lowest BCUT2D eigenvalue weighted by Crippen LogP contribution is -2.26. The molecule has 0 aliphatic carbocycles. The Morgan fingerprint density at radius 3 is 2.64 bits per heavy atom. The molecule has 1 atom stereocenters. The zero-order valence-electron chi connectivity index (χ0n) is 12.8. The lowest BCUT2D eigenvalue weighted by molar-refractivity contribution is 0.0997. The second kappa shape index (κ2) is 6.57. The van der Waals surface area contributed by atoms with Gasteiger partial charge in [-0.2, -0.15) is 0 Å². The van der Waals surface area contributed by atoms with Gasteiger partial charge in [-0.05, 0) is 36.4 Å². The number of H-pyrrole nitrogens is 1. The molecule has 0 radical (unpaired) electrons. The van der Waals surface area contributed by atoms with Crippen LogP contribution < -0.4 is 16.3 Å². The van der Waals surface area contributed by atoms with E-state index in [-0.39, 0.29) is 16.3 Å². The highest BCUT2D eigenvalue weighted by molar-refractivity contribution is 9.10. The lowest BCUT2D eigenvalue weighted by atomic mass is 10.2. The van der Waals surface area contributed by atoms with Crippen LogP contribution in [0.3, 0.4) is 0 Å². The van der Waals surface area contributed by atoms with Crippen molar-refractivity contribution in [3.05, 3.63) is 57.4 Å². The second-order valence-electron chi connectivity index (χ2n) is 5.26. The van der Waals surface area contributed by atoms with Gasteiger partial charge in [-0.1, -0.05) is 27.5 Å². The fraction of sp³-hybridized carbons (Fsp3) is 0.0625. The highest BCUT2D eigenvalue weighted by atomic mass is 79.9. The molecule has 0 spiro atoms. The molecule has 1 heterocycles. The molecule has 0 bridgehead atoms. The van der Waals surface area contributed by atoms with Crippen LogP contribution in [0.25, 0.3) is 10.9 Å². The van der Waals surface area contributed by atoms with E-state index in [2.05, 4.69) is 20.9 Å². The van der Waals surface area contributed by atoms with Crippen molar-refractivity contribution >= 4 is 62.3 Å². The van der Waals surface area contributed by atoms with Gasteiger partial charge in [0.15, 0.2) is 0 Å². The zero-order chi connectivity index (χ0) is 18.4. The molecule has 1 amide bonds. The van der Waals surface area contributed by atoms with Crippen LogP contribution >= 0.6 is 34.9 Å². The Kier molecular flexibility index (Phi) is 4.77. The maximum atomic E-state index is 13.8. The average molecular weight is 446 g/mol. The van der Waals surface area contributed by atoms with Gasteiger partial charge in [0.2, 0.25) is 0 Å². The summed E-state index contributed by atoms with van der Waals surface area (Å²) in [7, 11) is -2.60. The van der Waals surface area contributed by atoms with Crippen LogP contribution in [0.4, 0.5) is 4.39 Å². The van der Waals surface area contributed by atoms with Gasteiger partial charge in [0.25, 0.3) is 13.3 Å². The quantitative estimate of drug-likeness (QED) is 0.601. The molecule has 0 aliphatic rings. The molecular weight excluding hydrogens is 434 g/mol. The Hall–Kier alpha value is -1.66. The first kappa shape index (κ1) is 18.1. The molecule has 0 fully saturated rings. The number of primary amides is 1. The predicted octanol–water partition coefficient (Wildman–Crippen LogP) is 3.70. The molecule has 3 rings (SSSR count). The van der Waals surface area contributed by atoms with Gasteiger partial charge in [0, 0.05) is 32.8 Å². The van der Waals surface area contributed by atoms with Crippen molar-refractivity contribution in [2.24, 2.45) is 5.73 Å². The number of nitrogens with one attached hydrogen (secondary N) is 1. The number of aromatic nitrogens is 1. The summed E-state index contributed by atoms with van der Waals surface area (Å²) in [6.45, 7) is 0. The Balaban J connectivity index is 2.42. The van der Waals surface area contributed by atoms with Crippen LogP contribution in [0.5, 0.6) is 0 Å². The van der Waals surface area contributed by atoms with Crippen LogP contribution in [0.15, 0.2) is 40.9 Å². The first-order valence-corrected chi connectivity index (χ1v) is 9.80. The minimum atomic E-state index is -3.83. The fourth-order valence-corrected chi connectivity index (χ4v) is 5.70. The van der Waals surface area contributed by atoms with Crippen LogP contribution in [0, 0.1) is 5.82 Å². The van der Waals surface area contributed by atoms with Crippen molar-refractivity contribution in [1.82, 2.24) is 4.98 Å². The molecule has 2 aromatic carbocycles. The number of carbonyl (C=O) groups is 1. The number of benzene rings is 2. The fourth-order valence-electron chi connectivity index (χ4n) is 2.67. The first-order chi connectivity index (χ1) is 11.8. The highest BCUT2D eigenvalue weighted by Gasteiger charge is 2.36. The summed E-state index contributed by atoms with van der Waals surface area (Å²) in [6.07, 6.45) is 0. The van der Waals surface area contributed by atoms with E-state index in [4.69, 9.17) is 21.9 Å². The number of halogens is 3. The normalized spacial score (nSPS) is 13.8. The van der Waals surface area contributed by atoms with Crippen molar-refractivity contribution in [3.8, 4) is 0 Å². The van der Waals surface area contributed by atoms with Gasteiger partial charge in [-0.15, -0.1) is 0 Å². The van der Waals surface area contributed by atoms with Gasteiger partial charge in [-0.3, -0.25) is 9.36 Å². The Morgan fingerprint density at radius 1 is 1.32 bits per heavy atom. The topological polar surface area (TPSA) is 85.2 Å². The minimum absolute atomic E-state index is 0.0668. The maximum Gasteiger partial charge on any atom is 0.266 e. The average Bonchev–Trinajstić information content (AvgIpc) is 2.92. The van der Waals surface area contributed by atoms with Crippen LogP contribution in [-0.4, -0.2) is 18.0 Å². The van der Waals surface area contributed by atoms with Crippen molar-refractivity contribution in [3.63, 3.8) is 0 Å². The maximum absolute atomic E-state index is 13.8. The Bertz CT molecular complexity index is 1030. The minimum Gasteiger partial charge on any atom is -0.364 e. The lowest BCUT2D eigenvalue weighted by Gasteiger charge is -2.18. The van der Waals surface area contributed by atoms with Crippen molar-refractivity contribution in [1.29, 1.82) is 0 Å². The summed E-state index contributed by atoms with van der Waals surface area (Å²) in [5.74, 6) is -1.41. The molecule has 0 saturated carbocycles. The largest absolute Gasteiger partial charge is 0.364 e. The molecule has 130 valence electrons. The molecule has 1 aromatic heterocycles. The highest BCUT2D eigenvalue weighted by Crippen LogP contribution is 2.47. The molecule has 3 N–H and O–H groups in total. The number of carbonyl (C=O) groups excluding carboxylic acids is 1. The predicted molar refractivity (Wildman–Crippen MR) is 99.8 cm³/mol. The third-order valence-electron chi connectivity index (χ3n) is 3.72. The molecule has 5 nitrogen and oxygen atoms in total. The van der Waals surface area contributed by atoms with Crippen LogP contribution in [0.2, 0.25) is 5.02 Å². The molecular formula is C16H12BrClFN2O3P. The van der Waals surface area contributed by atoms with E-state index in [0.717, 1.165) is 6.07 Å². The Morgan fingerprint density at radius 2 is 2.04 bits per heavy atom. The van der Waals surface area contributed by atoms with Crippen molar-refractivity contribution < 1.29 is 18.3 Å². The summed E-state index contributed by atoms with van der Waals surface area (Å²) in [6, 6.07) is 8.60. The van der Waals surface area contributed by atoms with E-state index >= 15 is 0 Å². The van der Waals surface area contributed by atoms with Gasteiger partial charge in [0.05, 0.1) is 5.30 Å². The van der Waals surface area contributed by atoms with Gasteiger partial charge >= 0.3 is 0 Å². The smallest absolute Gasteiger partial charge is 0.266 e. The monoisotopic (exact) mass is 444 g/mol. The molecule has 3 aromatic rings. The number of fused-ring (bicyclic) bond motifs is 1.